The van der Waals surface area contributed by atoms with Gasteiger partial charge in [0.15, 0.2) is 22.8 Å². The van der Waals surface area contributed by atoms with Gasteiger partial charge in [-0.25, -0.2) is 4.79 Å². The topological polar surface area (TPSA) is 188 Å². The fraction of sp³-hybridized carbons (Fsp3) is 0.375. The summed E-state index contributed by atoms with van der Waals surface area (Å²) in [6.07, 6.45) is -1.92. The molecule has 0 saturated heterocycles. The van der Waals surface area contributed by atoms with E-state index in [1.165, 1.54) is 6.08 Å². The number of aliphatic carboxylic acids is 1. The molecule has 1 amide bonds. The Hall–Kier alpha value is -2.82. The highest BCUT2D eigenvalue weighted by Gasteiger charge is 2.49. The van der Waals surface area contributed by atoms with Gasteiger partial charge in [-0.1, -0.05) is 0 Å². The minimum absolute atomic E-state index is 0.180. The van der Waals surface area contributed by atoms with Gasteiger partial charge in [0.05, 0.1) is 12.1 Å². The first-order valence-corrected chi connectivity index (χ1v) is 7.59. The van der Waals surface area contributed by atoms with Gasteiger partial charge in [-0.05, 0) is 23.8 Å². The number of aliphatic hydroxyl groups is 3. The van der Waals surface area contributed by atoms with Crippen LogP contribution in [0.4, 0.5) is 0 Å². The molecular formula is C16H19NO9. The molecule has 1 aromatic rings. The number of aromatic hydroxyl groups is 3. The quantitative estimate of drug-likeness (QED) is 0.234. The normalized spacial score (nSPS) is 28.8. The summed E-state index contributed by atoms with van der Waals surface area (Å²) in [6, 6.07) is 0.959. The van der Waals surface area contributed by atoms with Crippen LogP contribution in [0.3, 0.4) is 0 Å². The number of amides is 1. The summed E-state index contributed by atoms with van der Waals surface area (Å²) >= 11 is 0. The smallest absolute Gasteiger partial charge is 0.335 e. The van der Waals surface area contributed by atoms with Crippen LogP contribution in [0.25, 0.3) is 6.08 Å². The van der Waals surface area contributed by atoms with E-state index in [1.54, 1.807) is 0 Å². The Kier molecular flexibility index (Phi) is 5.40. The van der Waals surface area contributed by atoms with Gasteiger partial charge in [0.2, 0.25) is 5.91 Å². The van der Waals surface area contributed by atoms with Crippen molar-refractivity contribution >= 4 is 18.0 Å². The van der Waals surface area contributed by atoms with Gasteiger partial charge in [0.1, 0.15) is 6.10 Å². The van der Waals surface area contributed by atoms with Crippen molar-refractivity contribution in [2.24, 2.45) is 0 Å². The third-order valence-corrected chi connectivity index (χ3v) is 4.16. The molecule has 1 aromatic carbocycles. The predicted octanol–water partition coefficient (Wildman–Crippen LogP) is -1.37. The van der Waals surface area contributed by atoms with E-state index in [-0.39, 0.29) is 5.56 Å². The highest BCUT2D eigenvalue weighted by atomic mass is 16.4. The SMILES string of the molecule is O=C(/C=C\c1cc(O)c(O)c(O)c1)N[C@@H]1C[C@](O)(C(=O)O)C[C@@H](O)[C@H]1O. The van der Waals surface area contributed by atoms with Crippen molar-refractivity contribution in [2.45, 2.75) is 36.7 Å². The molecule has 142 valence electrons. The molecule has 1 aliphatic rings. The maximum atomic E-state index is 12.0. The average molecular weight is 369 g/mol. The van der Waals surface area contributed by atoms with Crippen LogP contribution in [0.5, 0.6) is 17.2 Å². The van der Waals surface area contributed by atoms with Crippen LogP contribution < -0.4 is 5.32 Å². The lowest BCUT2D eigenvalue weighted by molar-refractivity contribution is -0.175. The Bertz CT molecular complexity index is 724. The van der Waals surface area contributed by atoms with Gasteiger partial charge < -0.3 is 41.1 Å². The fourth-order valence-electron chi connectivity index (χ4n) is 2.74. The van der Waals surface area contributed by atoms with E-state index in [4.69, 9.17) is 5.11 Å². The van der Waals surface area contributed by atoms with Gasteiger partial charge in [-0.15, -0.1) is 0 Å². The van der Waals surface area contributed by atoms with E-state index in [2.05, 4.69) is 5.32 Å². The van der Waals surface area contributed by atoms with Gasteiger partial charge in [-0.2, -0.15) is 0 Å². The zero-order valence-electron chi connectivity index (χ0n) is 13.4. The summed E-state index contributed by atoms with van der Waals surface area (Å²) in [5.74, 6) is -4.25. The Morgan fingerprint density at radius 2 is 1.69 bits per heavy atom. The fourth-order valence-corrected chi connectivity index (χ4v) is 2.74. The highest BCUT2D eigenvalue weighted by Crippen LogP contribution is 2.35. The molecular weight excluding hydrogens is 350 g/mol. The molecule has 10 heteroatoms. The minimum atomic E-state index is -2.28. The number of hydrogen-bond donors (Lipinski definition) is 8. The van der Waals surface area contributed by atoms with Gasteiger partial charge in [0.25, 0.3) is 0 Å². The molecule has 1 saturated carbocycles. The van der Waals surface area contributed by atoms with E-state index < -0.39 is 65.8 Å². The molecule has 26 heavy (non-hydrogen) atoms. The molecule has 0 bridgehead atoms. The summed E-state index contributed by atoms with van der Waals surface area (Å²) in [6.45, 7) is 0. The first kappa shape index (κ1) is 19.5. The Morgan fingerprint density at radius 3 is 2.23 bits per heavy atom. The molecule has 2 rings (SSSR count). The summed E-state index contributed by atoms with van der Waals surface area (Å²) in [7, 11) is 0. The Balaban J connectivity index is 2.09. The molecule has 0 radical (unpaired) electrons. The van der Waals surface area contributed by atoms with Crippen LogP contribution in [-0.2, 0) is 9.59 Å². The maximum absolute atomic E-state index is 12.0. The second-order valence-corrected chi connectivity index (χ2v) is 6.16. The van der Waals surface area contributed by atoms with Crippen molar-refractivity contribution in [1.29, 1.82) is 0 Å². The van der Waals surface area contributed by atoms with Crippen LogP contribution in [0, 0.1) is 0 Å². The molecule has 0 heterocycles. The number of aliphatic hydroxyl groups excluding tert-OH is 2. The van der Waals surface area contributed by atoms with Crippen molar-refractivity contribution < 1.29 is 45.3 Å². The molecule has 0 aromatic heterocycles. The number of rotatable bonds is 4. The van der Waals surface area contributed by atoms with E-state index in [0.29, 0.717) is 0 Å². The second kappa shape index (κ2) is 7.20. The second-order valence-electron chi connectivity index (χ2n) is 6.16. The number of nitrogens with one attached hydrogen (secondary N) is 1. The third-order valence-electron chi connectivity index (χ3n) is 4.16. The van der Waals surface area contributed by atoms with Crippen molar-refractivity contribution in [3.05, 3.63) is 23.8 Å². The summed E-state index contributed by atoms with van der Waals surface area (Å²) < 4.78 is 0. The van der Waals surface area contributed by atoms with E-state index in [0.717, 1.165) is 18.2 Å². The molecule has 0 unspecified atom stereocenters. The summed E-state index contributed by atoms with van der Waals surface area (Å²) in [5, 5.41) is 69.0. The van der Waals surface area contributed by atoms with Crippen molar-refractivity contribution in [1.82, 2.24) is 5.32 Å². The lowest BCUT2D eigenvalue weighted by Crippen LogP contribution is -2.60. The predicted molar refractivity (Wildman–Crippen MR) is 86.2 cm³/mol. The first-order chi connectivity index (χ1) is 12.0. The van der Waals surface area contributed by atoms with Crippen LogP contribution in [0.2, 0.25) is 0 Å². The van der Waals surface area contributed by atoms with Crippen LogP contribution in [-0.4, -0.2) is 71.5 Å². The summed E-state index contributed by atoms with van der Waals surface area (Å²) in [5.41, 5.74) is -2.10. The van der Waals surface area contributed by atoms with Crippen molar-refractivity contribution in [2.75, 3.05) is 0 Å². The minimum Gasteiger partial charge on any atom is -0.504 e. The molecule has 0 aliphatic heterocycles. The average Bonchev–Trinajstić information content (AvgIpc) is 2.55. The highest BCUT2D eigenvalue weighted by molar-refractivity contribution is 5.92. The van der Waals surface area contributed by atoms with Gasteiger partial charge >= 0.3 is 5.97 Å². The van der Waals surface area contributed by atoms with Crippen molar-refractivity contribution in [3.8, 4) is 17.2 Å². The van der Waals surface area contributed by atoms with E-state index >= 15 is 0 Å². The Labute approximate surface area is 147 Å². The lowest BCUT2D eigenvalue weighted by Gasteiger charge is -2.39. The molecule has 0 spiro atoms. The molecule has 1 fully saturated rings. The van der Waals surface area contributed by atoms with Gasteiger partial charge in [-0.3, -0.25) is 4.79 Å². The molecule has 8 N–H and O–H groups in total. The number of hydrogen-bond acceptors (Lipinski definition) is 8. The Morgan fingerprint density at radius 1 is 1.12 bits per heavy atom. The van der Waals surface area contributed by atoms with E-state index in [1.807, 2.05) is 0 Å². The standard InChI is InChI=1S/C16H19NO9/c18-9-3-7(4-10(19)14(9)23)1-2-12(21)17-8-5-16(26,15(24)25)6-11(20)13(8)22/h1-4,8,11,13,18-20,22-23,26H,5-6H2,(H,17,21)(H,24,25)/b2-1-/t8-,11-,13+,16-/m1/s1. The van der Waals surface area contributed by atoms with Crippen LogP contribution in [0.1, 0.15) is 18.4 Å². The number of carboxylic acids is 1. The number of benzene rings is 1. The lowest BCUT2D eigenvalue weighted by atomic mass is 9.78. The number of phenols is 3. The maximum Gasteiger partial charge on any atom is 0.335 e. The van der Waals surface area contributed by atoms with Crippen LogP contribution in [0.15, 0.2) is 18.2 Å². The summed E-state index contributed by atoms with van der Waals surface area (Å²) in [4.78, 5) is 23.1. The molecule has 1 aliphatic carbocycles. The van der Waals surface area contributed by atoms with Crippen molar-refractivity contribution in [3.63, 3.8) is 0 Å². The number of carbonyl (C=O) groups is 2. The number of carboxylic acid groups (broad SMARTS) is 1. The molecule has 10 nitrogen and oxygen atoms in total. The number of carbonyl (C=O) groups excluding carboxylic acids is 1. The first-order valence-electron chi connectivity index (χ1n) is 7.59. The van der Waals surface area contributed by atoms with Gasteiger partial charge in [0, 0.05) is 18.9 Å². The largest absolute Gasteiger partial charge is 0.504 e. The molecule has 4 atom stereocenters. The van der Waals surface area contributed by atoms with Crippen LogP contribution >= 0.6 is 0 Å². The monoisotopic (exact) mass is 369 g/mol. The zero-order chi connectivity index (χ0) is 19.6. The van der Waals surface area contributed by atoms with E-state index in [9.17, 15) is 40.2 Å². The third kappa shape index (κ3) is 4.04. The zero-order valence-corrected chi connectivity index (χ0v) is 13.4. The number of phenolic OH excluding ortho intramolecular Hbond substituents is 3.